The average molecular weight is 517 g/mol. The van der Waals surface area contributed by atoms with Gasteiger partial charge in [0, 0.05) is 23.1 Å². The highest BCUT2D eigenvalue weighted by molar-refractivity contribution is 9.10. The molecule has 10 heteroatoms. The molecule has 2 amide bonds. The third kappa shape index (κ3) is 6.45. The molecule has 0 saturated carbocycles. The standard InChI is InChI=1S/C20H23BrClN3O4S/c1-14(20(27)23-2)24(12-15-7-9-16(21)10-8-15)19(26)13-25(30(3,28)29)18-6-4-5-17(22)11-18/h4-11,14H,12-13H2,1-3H3,(H,23,27). The van der Waals surface area contributed by atoms with E-state index in [0.717, 1.165) is 20.6 Å². The van der Waals surface area contributed by atoms with Gasteiger partial charge in [-0.2, -0.15) is 0 Å². The maximum absolute atomic E-state index is 13.2. The number of likely N-dealkylation sites (N-methyl/N-ethyl adjacent to an activating group) is 1. The number of halogens is 2. The lowest BCUT2D eigenvalue weighted by Crippen LogP contribution is -2.50. The normalized spacial score (nSPS) is 12.2. The lowest BCUT2D eigenvalue weighted by molar-refractivity contribution is -0.139. The molecule has 2 aromatic carbocycles. The first-order valence-electron chi connectivity index (χ1n) is 9.01. The third-order valence-corrected chi connectivity index (χ3v) is 6.36. The number of anilines is 1. The summed E-state index contributed by atoms with van der Waals surface area (Å²) in [4.78, 5) is 26.8. The number of benzene rings is 2. The van der Waals surface area contributed by atoms with Crippen molar-refractivity contribution in [3.05, 3.63) is 63.6 Å². The van der Waals surface area contributed by atoms with Crippen molar-refractivity contribution in [2.45, 2.75) is 19.5 Å². The fourth-order valence-corrected chi connectivity index (χ4v) is 4.11. The topological polar surface area (TPSA) is 86.8 Å². The van der Waals surface area contributed by atoms with E-state index in [1.165, 1.54) is 18.0 Å². The van der Waals surface area contributed by atoms with Crippen LogP contribution in [0.4, 0.5) is 5.69 Å². The van der Waals surface area contributed by atoms with Crippen LogP contribution in [-0.4, -0.2) is 51.0 Å². The largest absolute Gasteiger partial charge is 0.357 e. The molecule has 0 saturated heterocycles. The van der Waals surface area contributed by atoms with Crippen LogP contribution in [0.25, 0.3) is 0 Å². The van der Waals surface area contributed by atoms with Crippen LogP contribution in [0, 0.1) is 0 Å². The zero-order valence-corrected chi connectivity index (χ0v) is 20.0. The second-order valence-corrected chi connectivity index (χ2v) is 9.95. The molecule has 0 radical (unpaired) electrons. The van der Waals surface area contributed by atoms with Crippen LogP contribution < -0.4 is 9.62 Å². The van der Waals surface area contributed by atoms with Crippen molar-refractivity contribution < 1.29 is 18.0 Å². The molecule has 0 spiro atoms. The number of nitrogens with one attached hydrogen (secondary N) is 1. The van der Waals surface area contributed by atoms with Crippen LogP contribution >= 0.6 is 27.5 Å². The van der Waals surface area contributed by atoms with E-state index in [1.54, 1.807) is 25.1 Å². The average Bonchev–Trinajstić information content (AvgIpc) is 2.69. The zero-order valence-electron chi connectivity index (χ0n) is 16.8. The predicted octanol–water partition coefficient (Wildman–Crippen LogP) is 3.03. The van der Waals surface area contributed by atoms with Crippen LogP contribution in [0.3, 0.4) is 0 Å². The van der Waals surface area contributed by atoms with Gasteiger partial charge in [0.05, 0.1) is 11.9 Å². The Balaban J connectivity index is 2.36. The van der Waals surface area contributed by atoms with Crippen LogP contribution in [-0.2, 0) is 26.2 Å². The molecule has 0 aliphatic heterocycles. The van der Waals surface area contributed by atoms with Crippen molar-refractivity contribution in [1.29, 1.82) is 0 Å². The molecule has 1 N–H and O–H groups in total. The maximum Gasteiger partial charge on any atom is 0.244 e. The molecule has 162 valence electrons. The monoisotopic (exact) mass is 515 g/mol. The van der Waals surface area contributed by atoms with Gasteiger partial charge in [-0.05, 0) is 42.8 Å². The highest BCUT2D eigenvalue weighted by Crippen LogP contribution is 2.22. The minimum Gasteiger partial charge on any atom is -0.357 e. The van der Waals surface area contributed by atoms with E-state index in [1.807, 2.05) is 24.3 Å². The van der Waals surface area contributed by atoms with Gasteiger partial charge >= 0.3 is 0 Å². The number of amides is 2. The summed E-state index contributed by atoms with van der Waals surface area (Å²) in [6.07, 6.45) is 1.02. The van der Waals surface area contributed by atoms with Crippen molar-refractivity contribution in [3.63, 3.8) is 0 Å². The Labute approximate surface area is 190 Å². The van der Waals surface area contributed by atoms with E-state index in [4.69, 9.17) is 11.6 Å². The van der Waals surface area contributed by atoms with Crippen molar-refractivity contribution in [1.82, 2.24) is 10.2 Å². The fourth-order valence-electron chi connectivity index (χ4n) is 2.82. The molecule has 0 fully saturated rings. The lowest BCUT2D eigenvalue weighted by Gasteiger charge is -2.31. The Morgan fingerprint density at radius 3 is 2.33 bits per heavy atom. The number of hydrogen-bond donors (Lipinski definition) is 1. The summed E-state index contributed by atoms with van der Waals surface area (Å²) in [5.41, 5.74) is 1.07. The third-order valence-electron chi connectivity index (χ3n) is 4.46. The molecule has 0 bridgehead atoms. The summed E-state index contributed by atoms with van der Waals surface area (Å²) < 4.78 is 26.6. The predicted molar refractivity (Wildman–Crippen MR) is 122 cm³/mol. The molecule has 7 nitrogen and oxygen atoms in total. The smallest absolute Gasteiger partial charge is 0.244 e. The molecule has 0 heterocycles. The first kappa shape index (κ1) is 24.2. The SMILES string of the molecule is CNC(=O)C(C)N(Cc1ccc(Br)cc1)C(=O)CN(c1cccc(Cl)c1)S(C)(=O)=O. The molecule has 1 unspecified atom stereocenters. The summed E-state index contributed by atoms with van der Waals surface area (Å²) in [6.45, 7) is 1.28. The molecule has 2 aromatic rings. The first-order valence-corrected chi connectivity index (χ1v) is 12.0. The Morgan fingerprint density at radius 2 is 1.80 bits per heavy atom. The van der Waals surface area contributed by atoms with Crippen LogP contribution in [0.1, 0.15) is 12.5 Å². The van der Waals surface area contributed by atoms with Crippen LogP contribution in [0.2, 0.25) is 5.02 Å². The van der Waals surface area contributed by atoms with Gasteiger partial charge in [-0.1, -0.05) is 45.7 Å². The molecule has 2 rings (SSSR count). The highest BCUT2D eigenvalue weighted by Gasteiger charge is 2.29. The Bertz CT molecular complexity index is 1010. The molecule has 0 aromatic heterocycles. The first-order chi connectivity index (χ1) is 14.0. The van der Waals surface area contributed by atoms with Gasteiger partial charge in [0.25, 0.3) is 0 Å². The summed E-state index contributed by atoms with van der Waals surface area (Å²) in [6, 6.07) is 12.8. The summed E-state index contributed by atoms with van der Waals surface area (Å²) in [5, 5.41) is 2.87. The minimum absolute atomic E-state index is 0.147. The van der Waals surface area contributed by atoms with Crippen molar-refractivity contribution in [2.75, 3.05) is 24.2 Å². The van der Waals surface area contributed by atoms with Gasteiger partial charge in [-0.25, -0.2) is 8.42 Å². The number of carbonyl (C=O) groups is 2. The molecule has 0 aliphatic rings. The van der Waals surface area contributed by atoms with E-state index < -0.39 is 28.5 Å². The van der Waals surface area contributed by atoms with Gasteiger partial charge in [0.1, 0.15) is 12.6 Å². The number of sulfonamides is 1. The number of nitrogens with zero attached hydrogens (tertiary/aromatic N) is 2. The summed E-state index contributed by atoms with van der Waals surface area (Å²) in [5.74, 6) is -0.867. The Kier molecular flexibility index (Phi) is 8.28. The number of hydrogen-bond acceptors (Lipinski definition) is 4. The fraction of sp³-hybridized carbons (Fsp3) is 0.300. The zero-order chi connectivity index (χ0) is 22.5. The lowest BCUT2D eigenvalue weighted by atomic mass is 10.1. The number of carbonyl (C=O) groups excluding carboxylic acids is 2. The van der Waals surface area contributed by atoms with Gasteiger partial charge < -0.3 is 10.2 Å². The molecular formula is C20H23BrClN3O4S. The second-order valence-electron chi connectivity index (χ2n) is 6.69. The van der Waals surface area contributed by atoms with Crippen LogP contribution in [0.15, 0.2) is 53.0 Å². The summed E-state index contributed by atoms with van der Waals surface area (Å²) in [7, 11) is -2.29. The van der Waals surface area contributed by atoms with E-state index in [-0.39, 0.29) is 18.1 Å². The minimum atomic E-state index is -3.77. The van der Waals surface area contributed by atoms with E-state index >= 15 is 0 Å². The number of rotatable bonds is 8. The van der Waals surface area contributed by atoms with Gasteiger partial charge in [0.2, 0.25) is 21.8 Å². The maximum atomic E-state index is 13.2. The van der Waals surface area contributed by atoms with Crippen LogP contribution in [0.5, 0.6) is 0 Å². The van der Waals surface area contributed by atoms with E-state index in [9.17, 15) is 18.0 Å². The molecule has 0 aliphatic carbocycles. The Morgan fingerprint density at radius 1 is 1.17 bits per heavy atom. The van der Waals surface area contributed by atoms with E-state index in [0.29, 0.717) is 5.02 Å². The van der Waals surface area contributed by atoms with Gasteiger partial charge in [-0.15, -0.1) is 0 Å². The second kappa shape index (κ2) is 10.3. The summed E-state index contributed by atoms with van der Waals surface area (Å²) >= 11 is 9.36. The molecule has 30 heavy (non-hydrogen) atoms. The highest BCUT2D eigenvalue weighted by atomic mass is 79.9. The van der Waals surface area contributed by atoms with Gasteiger partial charge in [-0.3, -0.25) is 13.9 Å². The van der Waals surface area contributed by atoms with Gasteiger partial charge in [0.15, 0.2) is 0 Å². The van der Waals surface area contributed by atoms with Crippen molar-refractivity contribution in [3.8, 4) is 0 Å². The molecular weight excluding hydrogens is 494 g/mol. The van der Waals surface area contributed by atoms with Crippen molar-refractivity contribution >= 4 is 55.1 Å². The quantitative estimate of drug-likeness (QED) is 0.584. The molecule has 1 atom stereocenters. The Hall–Kier alpha value is -2.10. The van der Waals surface area contributed by atoms with Crippen molar-refractivity contribution in [2.24, 2.45) is 0 Å². The van der Waals surface area contributed by atoms with E-state index in [2.05, 4.69) is 21.2 Å².